The molecule has 3 rings (SSSR count). The third kappa shape index (κ3) is 16.3. The Morgan fingerprint density at radius 3 is 1.87 bits per heavy atom. The summed E-state index contributed by atoms with van der Waals surface area (Å²) in [6.07, 6.45) is 21.7. The van der Waals surface area contributed by atoms with Gasteiger partial charge in [-0.15, -0.1) is 13.2 Å². The van der Waals surface area contributed by atoms with Gasteiger partial charge in [-0.2, -0.15) is 0 Å². The van der Waals surface area contributed by atoms with Gasteiger partial charge >= 0.3 is 0 Å². The van der Waals surface area contributed by atoms with E-state index in [1.54, 1.807) is 16.7 Å². The average Bonchev–Trinajstić information content (AvgIpc) is 3.61. The van der Waals surface area contributed by atoms with E-state index >= 15 is 0 Å². The smallest absolute Gasteiger partial charge is 0.0162 e. The van der Waals surface area contributed by atoms with Crippen molar-refractivity contribution in [3.8, 4) is 0 Å². The third-order valence-corrected chi connectivity index (χ3v) is 7.94. The Morgan fingerprint density at radius 2 is 1.54 bits per heavy atom. The molecule has 0 heterocycles. The van der Waals surface area contributed by atoms with Crippen LogP contribution in [0.4, 0.5) is 0 Å². The van der Waals surface area contributed by atoms with Crippen molar-refractivity contribution in [3.63, 3.8) is 0 Å². The Hall–Kier alpha value is -1.56. The van der Waals surface area contributed by atoms with Crippen LogP contribution in [0.3, 0.4) is 0 Å². The summed E-state index contributed by atoms with van der Waals surface area (Å²) in [6, 6.07) is 0. The van der Waals surface area contributed by atoms with Crippen LogP contribution in [0.25, 0.3) is 0 Å². The van der Waals surface area contributed by atoms with E-state index in [4.69, 9.17) is 0 Å². The van der Waals surface area contributed by atoms with Crippen molar-refractivity contribution in [2.24, 2.45) is 29.1 Å². The van der Waals surface area contributed by atoms with Gasteiger partial charge in [0.2, 0.25) is 0 Å². The molecule has 226 valence electrons. The Morgan fingerprint density at radius 1 is 1.00 bits per heavy atom. The van der Waals surface area contributed by atoms with Gasteiger partial charge in [0.05, 0.1) is 0 Å². The Bertz CT molecular complexity index is 750. The van der Waals surface area contributed by atoms with Crippen molar-refractivity contribution in [1.29, 1.82) is 0 Å². The maximum absolute atomic E-state index is 3.98. The molecule has 0 aromatic heterocycles. The van der Waals surface area contributed by atoms with Gasteiger partial charge in [-0.1, -0.05) is 137 Å². The molecule has 0 aromatic carbocycles. The molecule has 0 spiro atoms. The van der Waals surface area contributed by atoms with Crippen LogP contribution in [-0.2, 0) is 0 Å². The number of allylic oxidation sites excluding steroid dienone is 8. The summed E-state index contributed by atoms with van der Waals surface area (Å²) in [5.74, 6) is 3.54. The van der Waals surface area contributed by atoms with Gasteiger partial charge in [-0.05, 0) is 98.5 Å². The summed E-state index contributed by atoms with van der Waals surface area (Å²) < 4.78 is 0. The molecule has 0 N–H and O–H groups in total. The molecule has 0 nitrogen and oxygen atoms in total. The van der Waals surface area contributed by atoms with Gasteiger partial charge in [0.1, 0.15) is 0 Å². The molecule has 1 unspecified atom stereocenters. The standard InChI is InChI=1S/C15H24.C12H18.C8H18.C2H6.C2H4/c1-15(2,3)14-11-7-6-10-13(14)12-8-4-5-9-12;1-5-11(9(3)4)12(6-2)10-7-8-10;1-5-8(4)6-7(2)3;2*1-2/h6,10,12H,4-5,7-9,11H2,1-3H3;5,10H,1,3,6-8H2,2,4H3;7-8H,5-6H2,1-4H3;1-2H3;1-2H2/b;12-11-;;;. The zero-order valence-corrected chi connectivity index (χ0v) is 28.6. The predicted molar refractivity (Wildman–Crippen MR) is 183 cm³/mol. The van der Waals surface area contributed by atoms with E-state index in [1.807, 2.05) is 19.9 Å². The quantitative estimate of drug-likeness (QED) is 0.213. The van der Waals surface area contributed by atoms with Gasteiger partial charge in [0.25, 0.3) is 0 Å². The molecule has 3 aliphatic carbocycles. The highest BCUT2D eigenvalue weighted by molar-refractivity contribution is 5.42. The van der Waals surface area contributed by atoms with Crippen LogP contribution in [0.15, 0.2) is 72.4 Å². The van der Waals surface area contributed by atoms with Crippen molar-refractivity contribution in [3.05, 3.63) is 72.4 Å². The minimum absolute atomic E-state index is 0.378. The lowest BCUT2D eigenvalue weighted by molar-refractivity contribution is 0.429. The topological polar surface area (TPSA) is 0 Å². The van der Waals surface area contributed by atoms with Crippen molar-refractivity contribution >= 4 is 0 Å². The highest BCUT2D eigenvalue weighted by Gasteiger charge is 2.27. The fourth-order valence-corrected chi connectivity index (χ4v) is 5.79. The van der Waals surface area contributed by atoms with E-state index in [-0.39, 0.29) is 0 Å². The molecule has 0 amide bonds. The van der Waals surface area contributed by atoms with E-state index in [0.717, 1.165) is 35.7 Å². The van der Waals surface area contributed by atoms with Gasteiger partial charge in [0, 0.05) is 0 Å². The third-order valence-electron chi connectivity index (χ3n) is 7.94. The molecule has 0 aromatic rings. The molecule has 0 saturated heterocycles. The lowest BCUT2D eigenvalue weighted by Gasteiger charge is -2.30. The van der Waals surface area contributed by atoms with Crippen molar-refractivity contribution in [1.82, 2.24) is 0 Å². The van der Waals surface area contributed by atoms with E-state index in [9.17, 15) is 0 Å². The van der Waals surface area contributed by atoms with Crippen molar-refractivity contribution in [2.75, 3.05) is 0 Å². The van der Waals surface area contributed by atoms with E-state index in [1.165, 1.54) is 69.8 Å². The van der Waals surface area contributed by atoms with Gasteiger partial charge in [-0.3, -0.25) is 0 Å². The Balaban J connectivity index is 0. The molecular formula is C39H70. The molecule has 1 atom stereocenters. The zero-order chi connectivity index (χ0) is 30.6. The number of hydrogen-bond acceptors (Lipinski definition) is 0. The first-order valence-corrected chi connectivity index (χ1v) is 16.4. The van der Waals surface area contributed by atoms with Gasteiger partial charge in [0.15, 0.2) is 0 Å². The molecule has 2 saturated carbocycles. The van der Waals surface area contributed by atoms with Crippen LogP contribution >= 0.6 is 0 Å². The van der Waals surface area contributed by atoms with Crippen molar-refractivity contribution < 1.29 is 0 Å². The second-order valence-electron chi connectivity index (χ2n) is 12.8. The van der Waals surface area contributed by atoms with Crippen LogP contribution in [0.1, 0.15) is 147 Å². The molecule has 0 aliphatic heterocycles. The lowest BCUT2D eigenvalue weighted by Crippen LogP contribution is -2.16. The number of hydrogen-bond donors (Lipinski definition) is 0. The molecule has 39 heavy (non-hydrogen) atoms. The summed E-state index contributed by atoms with van der Waals surface area (Å²) in [6.45, 7) is 38.4. The fraction of sp³-hybridized carbons (Fsp3) is 0.692. The molecular weight excluding hydrogens is 468 g/mol. The minimum Gasteiger partial charge on any atom is -0.106 e. The van der Waals surface area contributed by atoms with E-state index in [2.05, 4.69) is 101 Å². The summed E-state index contributed by atoms with van der Waals surface area (Å²) in [5.41, 5.74) is 7.84. The second-order valence-corrected chi connectivity index (χ2v) is 12.8. The largest absolute Gasteiger partial charge is 0.106 e. The van der Waals surface area contributed by atoms with Crippen LogP contribution in [-0.4, -0.2) is 0 Å². The first kappa shape index (κ1) is 39.6. The van der Waals surface area contributed by atoms with Crippen LogP contribution in [0.2, 0.25) is 0 Å². The maximum atomic E-state index is 3.98. The monoisotopic (exact) mass is 539 g/mol. The Kier molecular flexibility index (Phi) is 22.5. The van der Waals surface area contributed by atoms with E-state index < -0.39 is 0 Å². The lowest BCUT2D eigenvalue weighted by atomic mass is 9.75. The molecule has 0 heteroatoms. The fourth-order valence-electron chi connectivity index (χ4n) is 5.79. The second kappa shape index (κ2) is 22.2. The van der Waals surface area contributed by atoms with Crippen LogP contribution in [0.5, 0.6) is 0 Å². The summed E-state index contributed by atoms with van der Waals surface area (Å²) in [4.78, 5) is 0. The summed E-state index contributed by atoms with van der Waals surface area (Å²) in [7, 11) is 0. The SMILES string of the molecule is C=C.C=C/C(C(=C)C)=C(\CC)C1CC1.CC.CC(C)(C)C1=C(C2CCCC2)C=CCC1.CCC(C)CC(C)C. The first-order chi connectivity index (χ1) is 18.5. The van der Waals surface area contributed by atoms with Gasteiger partial charge in [-0.25, -0.2) is 0 Å². The summed E-state index contributed by atoms with van der Waals surface area (Å²) in [5, 5.41) is 0. The average molecular weight is 539 g/mol. The Labute approximate surface area is 247 Å². The first-order valence-electron chi connectivity index (χ1n) is 16.4. The molecule has 0 bridgehead atoms. The maximum Gasteiger partial charge on any atom is -0.0162 e. The summed E-state index contributed by atoms with van der Waals surface area (Å²) >= 11 is 0. The predicted octanol–water partition coefficient (Wildman–Crippen LogP) is 13.6. The molecule has 2 fully saturated rings. The number of rotatable bonds is 8. The minimum atomic E-state index is 0.378. The normalized spacial score (nSPS) is 18.2. The highest BCUT2D eigenvalue weighted by Crippen LogP contribution is 2.42. The van der Waals surface area contributed by atoms with Gasteiger partial charge < -0.3 is 0 Å². The van der Waals surface area contributed by atoms with E-state index in [0.29, 0.717) is 5.41 Å². The zero-order valence-electron chi connectivity index (χ0n) is 28.6. The highest BCUT2D eigenvalue weighted by atomic mass is 14.3. The van der Waals surface area contributed by atoms with Crippen LogP contribution < -0.4 is 0 Å². The van der Waals surface area contributed by atoms with Crippen LogP contribution in [0, 0.1) is 29.1 Å². The molecule has 3 aliphatic rings. The van der Waals surface area contributed by atoms with Crippen molar-refractivity contribution in [2.45, 2.75) is 147 Å². The molecule has 0 radical (unpaired) electrons.